The first-order valence-corrected chi connectivity index (χ1v) is 14.1. The van der Waals surface area contributed by atoms with Crippen LogP contribution >= 0.6 is 23.2 Å². The van der Waals surface area contributed by atoms with Crippen molar-refractivity contribution in [3.05, 3.63) is 52.5 Å². The van der Waals surface area contributed by atoms with Gasteiger partial charge in [-0.15, -0.1) is 0 Å². The number of morpholine rings is 1. The van der Waals surface area contributed by atoms with Crippen LogP contribution in [0.2, 0.25) is 10.0 Å². The van der Waals surface area contributed by atoms with Crippen LogP contribution in [0.4, 0.5) is 5.69 Å². The molecular weight excluding hydrogens is 525 g/mol. The summed E-state index contributed by atoms with van der Waals surface area (Å²) in [5, 5.41) is 2.89. The lowest BCUT2D eigenvalue weighted by molar-refractivity contribution is -0.116. The molecule has 186 valence electrons. The molecule has 0 aromatic heterocycles. The van der Waals surface area contributed by atoms with E-state index in [1.54, 1.807) is 6.92 Å². The summed E-state index contributed by atoms with van der Waals surface area (Å²) in [6.45, 7) is 2.55. The maximum atomic E-state index is 13.1. The second-order valence-electron chi connectivity index (χ2n) is 7.51. The van der Waals surface area contributed by atoms with E-state index < -0.39 is 32.5 Å². The number of amides is 1. The second-order valence-corrected chi connectivity index (χ2v) is 12.2. The van der Waals surface area contributed by atoms with Gasteiger partial charge in [0.15, 0.2) is 0 Å². The van der Waals surface area contributed by atoms with Crippen molar-refractivity contribution < 1.29 is 26.4 Å². The number of ether oxygens (including phenoxy) is 1. The van der Waals surface area contributed by atoms with Crippen LogP contribution in [0.3, 0.4) is 0 Å². The van der Waals surface area contributed by atoms with Gasteiger partial charge in [0.05, 0.1) is 39.6 Å². The van der Waals surface area contributed by atoms with Gasteiger partial charge in [0, 0.05) is 25.3 Å². The summed E-state index contributed by atoms with van der Waals surface area (Å²) in [6, 6.07) is 9.77. The first-order chi connectivity index (χ1) is 16.1. The van der Waals surface area contributed by atoms with E-state index in [1.807, 2.05) is 0 Å². The van der Waals surface area contributed by atoms with E-state index in [1.165, 1.54) is 46.8 Å². The highest BCUT2D eigenvalue weighted by molar-refractivity contribution is 7.89. The summed E-state index contributed by atoms with van der Waals surface area (Å²) < 4.78 is 59.5. The molecule has 1 heterocycles. The van der Waals surface area contributed by atoms with E-state index in [0.717, 1.165) is 4.31 Å². The third-order valence-electron chi connectivity index (χ3n) is 5.05. The number of sulfonamides is 2. The molecule has 0 radical (unpaired) electrons. The van der Waals surface area contributed by atoms with Crippen LogP contribution in [0.15, 0.2) is 52.3 Å². The van der Waals surface area contributed by atoms with Gasteiger partial charge in [-0.25, -0.2) is 16.8 Å². The maximum absolute atomic E-state index is 13.1. The molecule has 0 saturated carbocycles. The van der Waals surface area contributed by atoms with Crippen molar-refractivity contribution in [1.29, 1.82) is 0 Å². The Balaban J connectivity index is 1.76. The van der Waals surface area contributed by atoms with Gasteiger partial charge in [0.1, 0.15) is 0 Å². The fourth-order valence-electron chi connectivity index (χ4n) is 3.35. The molecule has 1 saturated heterocycles. The largest absolute Gasteiger partial charge is 0.379 e. The number of anilines is 1. The molecule has 2 aromatic rings. The lowest BCUT2D eigenvalue weighted by Gasteiger charge is -2.26. The summed E-state index contributed by atoms with van der Waals surface area (Å²) in [7, 11) is -7.77. The van der Waals surface area contributed by atoms with E-state index in [2.05, 4.69) is 5.32 Å². The standard InChI is InChI=1S/C21H25Cl2N3O6S2/c1-2-8-26(34(30,31)18-6-7-19(22)20(23)14-18)15-21(27)24-16-4-3-5-17(13-16)33(28,29)25-9-11-32-12-10-25/h3-7,13-14H,2,8-12,15H2,1H3,(H,24,27). The minimum atomic E-state index is -4.02. The van der Waals surface area contributed by atoms with E-state index in [-0.39, 0.29) is 45.2 Å². The van der Waals surface area contributed by atoms with Crippen molar-refractivity contribution in [2.75, 3.05) is 44.7 Å². The van der Waals surface area contributed by atoms with Crippen molar-refractivity contribution in [1.82, 2.24) is 8.61 Å². The topological polar surface area (TPSA) is 113 Å². The zero-order valence-corrected chi connectivity index (χ0v) is 21.6. The van der Waals surface area contributed by atoms with Gasteiger partial charge in [-0.1, -0.05) is 36.2 Å². The first kappa shape index (κ1) is 26.9. The predicted molar refractivity (Wildman–Crippen MR) is 130 cm³/mol. The van der Waals surface area contributed by atoms with Gasteiger partial charge >= 0.3 is 0 Å². The SMILES string of the molecule is CCCN(CC(=O)Nc1cccc(S(=O)(=O)N2CCOCC2)c1)S(=O)(=O)c1ccc(Cl)c(Cl)c1. The highest BCUT2D eigenvalue weighted by Gasteiger charge is 2.28. The van der Waals surface area contributed by atoms with E-state index in [4.69, 9.17) is 27.9 Å². The molecule has 1 aliphatic rings. The van der Waals surface area contributed by atoms with Crippen molar-refractivity contribution >= 4 is 54.8 Å². The smallest absolute Gasteiger partial charge is 0.243 e. The monoisotopic (exact) mass is 549 g/mol. The highest BCUT2D eigenvalue weighted by Crippen LogP contribution is 2.27. The molecule has 2 aromatic carbocycles. The van der Waals surface area contributed by atoms with Gasteiger partial charge in [0.2, 0.25) is 26.0 Å². The Morgan fingerprint density at radius 2 is 1.74 bits per heavy atom. The van der Waals surface area contributed by atoms with Crippen LogP contribution in [-0.2, 0) is 29.6 Å². The van der Waals surface area contributed by atoms with Gasteiger partial charge in [0.25, 0.3) is 0 Å². The number of carbonyl (C=O) groups excluding carboxylic acids is 1. The third kappa shape index (κ3) is 6.28. The average molecular weight is 550 g/mol. The quantitative estimate of drug-likeness (QED) is 0.514. The molecule has 0 bridgehead atoms. The highest BCUT2D eigenvalue weighted by atomic mass is 35.5. The van der Waals surface area contributed by atoms with Gasteiger partial charge < -0.3 is 10.1 Å². The summed E-state index contributed by atoms with van der Waals surface area (Å²) >= 11 is 11.9. The van der Waals surface area contributed by atoms with Crippen molar-refractivity contribution in [2.45, 2.75) is 23.1 Å². The molecule has 9 nitrogen and oxygen atoms in total. The molecular formula is C21H25Cl2N3O6S2. The van der Waals surface area contributed by atoms with Crippen LogP contribution in [0.1, 0.15) is 13.3 Å². The second kappa shape index (κ2) is 11.3. The molecule has 0 spiro atoms. The van der Waals surface area contributed by atoms with Crippen LogP contribution < -0.4 is 5.32 Å². The molecule has 1 fully saturated rings. The number of benzene rings is 2. The van der Waals surface area contributed by atoms with Crippen LogP contribution in [0, 0.1) is 0 Å². The Morgan fingerprint density at radius 3 is 2.38 bits per heavy atom. The van der Waals surface area contributed by atoms with E-state index in [0.29, 0.717) is 19.6 Å². The van der Waals surface area contributed by atoms with Gasteiger partial charge in [-0.2, -0.15) is 8.61 Å². The fourth-order valence-corrected chi connectivity index (χ4v) is 6.68. The van der Waals surface area contributed by atoms with E-state index in [9.17, 15) is 21.6 Å². The molecule has 34 heavy (non-hydrogen) atoms. The van der Waals surface area contributed by atoms with Crippen molar-refractivity contribution in [3.63, 3.8) is 0 Å². The Kier molecular flexibility index (Phi) is 8.96. The Hall–Kier alpha value is -1.73. The molecule has 0 atom stereocenters. The lowest BCUT2D eigenvalue weighted by atomic mass is 10.3. The third-order valence-corrected chi connectivity index (χ3v) is 9.52. The van der Waals surface area contributed by atoms with Gasteiger partial charge in [-0.3, -0.25) is 4.79 Å². The molecule has 1 aliphatic heterocycles. The minimum Gasteiger partial charge on any atom is -0.379 e. The molecule has 1 amide bonds. The number of nitrogens with zero attached hydrogens (tertiary/aromatic N) is 2. The number of hydrogen-bond donors (Lipinski definition) is 1. The molecule has 1 N–H and O–H groups in total. The maximum Gasteiger partial charge on any atom is 0.243 e. The zero-order valence-electron chi connectivity index (χ0n) is 18.4. The normalized spacial score (nSPS) is 15.4. The van der Waals surface area contributed by atoms with Crippen LogP contribution in [-0.4, -0.2) is 70.7 Å². The average Bonchev–Trinajstić information content (AvgIpc) is 2.81. The number of carbonyl (C=O) groups is 1. The fraction of sp³-hybridized carbons (Fsp3) is 0.381. The van der Waals surface area contributed by atoms with Crippen LogP contribution in [0.5, 0.6) is 0 Å². The Labute approximate surface area is 209 Å². The summed E-state index contributed by atoms with van der Waals surface area (Å²) in [6.07, 6.45) is 0.473. The summed E-state index contributed by atoms with van der Waals surface area (Å²) in [5.74, 6) is -0.613. The van der Waals surface area contributed by atoms with Crippen LogP contribution in [0.25, 0.3) is 0 Å². The molecule has 13 heteroatoms. The number of nitrogens with one attached hydrogen (secondary N) is 1. The zero-order chi connectivity index (χ0) is 24.9. The van der Waals surface area contributed by atoms with Crippen molar-refractivity contribution in [2.24, 2.45) is 0 Å². The number of halogens is 2. The van der Waals surface area contributed by atoms with Crippen molar-refractivity contribution in [3.8, 4) is 0 Å². The summed E-state index contributed by atoms with van der Waals surface area (Å²) in [5.41, 5.74) is 0.239. The number of rotatable bonds is 9. The minimum absolute atomic E-state index is 0.0287. The van der Waals surface area contributed by atoms with E-state index >= 15 is 0 Å². The predicted octanol–water partition coefficient (Wildman–Crippen LogP) is 3.05. The molecule has 0 aliphatic carbocycles. The van der Waals surface area contributed by atoms with Gasteiger partial charge in [-0.05, 0) is 42.8 Å². The summed E-state index contributed by atoms with van der Waals surface area (Å²) in [4.78, 5) is 12.7. The first-order valence-electron chi connectivity index (χ1n) is 10.5. The Morgan fingerprint density at radius 1 is 1.03 bits per heavy atom. The Bertz CT molecular complexity index is 1250. The molecule has 3 rings (SSSR count). The lowest BCUT2D eigenvalue weighted by Crippen LogP contribution is -2.40. The number of hydrogen-bond acceptors (Lipinski definition) is 6. The molecule has 0 unspecified atom stereocenters.